The molecule has 6 aliphatic carbocycles. The third kappa shape index (κ3) is 2.87. The van der Waals surface area contributed by atoms with Crippen LogP contribution in [-0.2, 0) is 0 Å². The van der Waals surface area contributed by atoms with Crippen molar-refractivity contribution in [2.45, 2.75) is 104 Å². The average Bonchev–Trinajstić information content (AvgIpc) is 3.09. The monoisotopic (exact) mass is 414 g/mol. The second kappa shape index (κ2) is 7.21. The van der Waals surface area contributed by atoms with Gasteiger partial charge in [-0.3, -0.25) is 0 Å². The topological polar surface area (TPSA) is 40.5 Å². The lowest BCUT2D eigenvalue weighted by atomic mass is 9.50. The largest absolute Gasteiger partial charge is 0.393 e. The fraction of sp³-hybridized carbons (Fsp3) is 1.00. The Balaban J connectivity index is 1.28. The third-order valence-corrected chi connectivity index (χ3v) is 12.5. The Morgan fingerprint density at radius 2 is 1.37 bits per heavy atom. The molecule has 0 aromatic heterocycles. The first-order valence-electron chi connectivity index (χ1n) is 13.7. The molecule has 0 amide bonds. The molecule has 0 aromatic rings. The van der Waals surface area contributed by atoms with Gasteiger partial charge in [-0.2, -0.15) is 0 Å². The van der Waals surface area contributed by atoms with E-state index in [0.29, 0.717) is 5.92 Å². The lowest BCUT2D eigenvalue weighted by Crippen LogP contribution is -2.53. The molecule has 5 unspecified atom stereocenters. The van der Waals surface area contributed by atoms with Crippen molar-refractivity contribution in [3.63, 3.8) is 0 Å². The van der Waals surface area contributed by atoms with E-state index in [2.05, 4.69) is 20.8 Å². The molecule has 6 saturated carbocycles. The smallest absolute Gasteiger partial charge is 0.0577 e. The van der Waals surface area contributed by atoms with Gasteiger partial charge in [0.15, 0.2) is 0 Å². The Bertz CT molecular complexity index is 659. The van der Waals surface area contributed by atoms with Crippen molar-refractivity contribution in [3.8, 4) is 0 Å². The van der Waals surface area contributed by atoms with Crippen molar-refractivity contribution in [3.05, 3.63) is 0 Å². The molecule has 170 valence electrons. The minimum atomic E-state index is -0.174. The first-order valence-corrected chi connectivity index (χ1v) is 13.7. The minimum Gasteiger partial charge on any atom is -0.393 e. The van der Waals surface area contributed by atoms with Crippen LogP contribution in [0.3, 0.4) is 0 Å². The molecule has 2 N–H and O–H groups in total. The van der Waals surface area contributed by atoms with Gasteiger partial charge in [0.25, 0.3) is 0 Å². The number of aliphatic hydroxyl groups excluding tert-OH is 2. The zero-order valence-electron chi connectivity index (χ0n) is 19.7. The van der Waals surface area contributed by atoms with Gasteiger partial charge in [0, 0.05) is 0 Å². The Morgan fingerprint density at radius 3 is 2.20 bits per heavy atom. The molecule has 14 atom stereocenters. The number of hydrogen-bond acceptors (Lipinski definition) is 2. The zero-order valence-corrected chi connectivity index (χ0v) is 19.7. The fourth-order valence-corrected chi connectivity index (χ4v) is 11.2. The van der Waals surface area contributed by atoms with Crippen LogP contribution < -0.4 is 0 Å². The van der Waals surface area contributed by atoms with Crippen LogP contribution in [0.25, 0.3) is 0 Å². The lowest BCUT2D eigenvalue weighted by Gasteiger charge is -2.56. The van der Waals surface area contributed by atoms with E-state index in [1.54, 1.807) is 0 Å². The van der Waals surface area contributed by atoms with Gasteiger partial charge in [0.05, 0.1) is 12.2 Å². The van der Waals surface area contributed by atoms with Crippen LogP contribution in [0.1, 0.15) is 91.4 Å². The number of fused-ring (bicyclic) bond motifs is 8. The Labute approximate surface area is 184 Å². The third-order valence-electron chi connectivity index (χ3n) is 12.5. The maximum absolute atomic E-state index is 11.2. The minimum absolute atomic E-state index is 0.170. The summed E-state index contributed by atoms with van der Waals surface area (Å²) < 4.78 is 0. The zero-order chi connectivity index (χ0) is 20.8. The van der Waals surface area contributed by atoms with E-state index < -0.39 is 0 Å². The van der Waals surface area contributed by atoms with Crippen molar-refractivity contribution >= 4 is 0 Å². The number of hydrogen-bond donors (Lipinski definition) is 2. The lowest BCUT2D eigenvalue weighted by molar-refractivity contribution is -0.130. The average molecular weight is 415 g/mol. The summed E-state index contributed by atoms with van der Waals surface area (Å²) in [6, 6.07) is 0. The molecule has 6 aliphatic rings. The molecule has 0 aromatic carbocycles. The summed E-state index contributed by atoms with van der Waals surface area (Å²) in [4.78, 5) is 0. The predicted molar refractivity (Wildman–Crippen MR) is 121 cm³/mol. The maximum atomic E-state index is 11.2. The van der Waals surface area contributed by atoms with Crippen molar-refractivity contribution < 1.29 is 10.2 Å². The van der Waals surface area contributed by atoms with Gasteiger partial charge in [0.1, 0.15) is 0 Å². The van der Waals surface area contributed by atoms with Crippen LogP contribution in [0.4, 0.5) is 0 Å². The molecule has 0 heterocycles. The van der Waals surface area contributed by atoms with Gasteiger partial charge in [-0.25, -0.2) is 0 Å². The van der Waals surface area contributed by atoms with Crippen molar-refractivity contribution in [1.29, 1.82) is 0 Å². The first kappa shape index (κ1) is 20.5. The van der Waals surface area contributed by atoms with E-state index in [1.807, 2.05) is 0 Å². The normalized spacial score (nSPS) is 62.5. The van der Waals surface area contributed by atoms with Gasteiger partial charge in [-0.05, 0) is 135 Å². The van der Waals surface area contributed by atoms with Gasteiger partial charge < -0.3 is 10.2 Å². The summed E-state index contributed by atoms with van der Waals surface area (Å²) in [5.74, 6) is 9.63. The van der Waals surface area contributed by atoms with E-state index in [0.717, 1.165) is 84.9 Å². The molecule has 0 radical (unpaired) electrons. The molecule has 0 bridgehead atoms. The summed E-state index contributed by atoms with van der Waals surface area (Å²) in [7, 11) is 0. The van der Waals surface area contributed by atoms with Crippen LogP contribution in [0.15, 0.2) is 0 Å². The number of aliphatic hydroxyl groups is 2. The summed E-state index contributed by atoms with van der Waals surface area (Å²) in [5, 5.41) is 21.5. The highest BCUT2D eigenvalue weighted by molar-refractivity contribution is 5.11. The molecule has 0 spiro atoms. The Kier molecular flexibility index (Phi) is 4.93. The van der Waals surface area contributed by atoms with Gasteiger partial charge >= 0.3 is 0 Å². The Morgan fingerprint density at radius 1 is 0.633 bits per heavy atom. The summed E-state index contributed by atoms with van der Waals surface area (Å²) >= 11 is 0. The van der Waals surface area contributed by atoms with Gasteiger partial charge in [0.2, 0.25) is 0 Å². The molecule has 6 rings (SSSR count). The van der Waals surface area contributed by atoms with Crippen molar-refractivity contribution in [1.82, 2.24) is 0 Å². The van der Waals surface area contributed by atoms with Crippen LogP contribution in [0.2, 0.25) is 0 Å². The molecule has 0 aliphatic heterocycles. The molecular weight excluding hydrogens is 368 g/mol. The number of rotatable bonds is 0. The maximum Gasteiger partial charge on any atom is 0.0577 e. The summed E-state index contributed by atoms with van der Waals surface area (Å²) in [6.07, 6.45) is 14.0. The highest BCUT2D eigenvalue weighted by Gasteiger charge is 2.62. The highest BCUT2D eigenvalue weighted by Crippen LogP contribution is 2.68. The molecular formula is C28H46O2. The van der Waals surface area contributed by atoms with Crippen molar-refractivity contribution in [2.24, 2.45) is 70.5 Å². The second-order valence-corrected chi connectivity index (χ2v) is 13.5. The van der Waals surface area contributed by atoms with Crippen LogP contribution in [-0.4, -0.2) is 22.4 Å². The quantitative estimate of drug-likeness (QED) is 0.518. The van der Waals surface area contributed by atoms with Gasteiger partial charge in [-0.15, -0.1) is 0 Å². The molecule has 2 nitrogen and oxygen atoms in total. The molecule has 0 saturated heterocycles. The van der Waals surface area contributed by atoms with E-state index in [-0.39, 0.29) is 17.6 Å². The van der Waals surface area contributed by atoms with Gasteiger partial charge in [-0.1, -0.05) is 27.2 Å². The standard InChI is InChI=1S/C28H46O2/c1-15-4-5-19-16(2)20-6-7-21-23(22(20)11-17(19)10-15)13-25-24(21)14-27(30)26-12-18(29)8-9-28(25,26)3/h15-27,29-30H,4-14H2,1-3H3/t15-,16+,17?,18+,19+,20+,21?,22-,23?,24?,25?,26-,27-,28-/m1/s1. The molecule has 2 heteroatoms. The van der Waals surface area contributed by atoms with Crippen LogP contribution in [0.5, 0.6) is 0 Å². The van der Waals surface area contributed by atoms with Crippen LogP contribution in [0, 0.1) is 70.5 Å². The van der Waals surface area contributed by atoms with E-state index in [1.165, 1.54) is 44.9 Å². The molecule has 6 fully saturated rings. The summed E-state index contributed by atoms with van der Waals surface area (Å²) in [6.45, 7) is 7.65. The van der Waals surface area contributed by atoms with E-state index >= 15 is 0 Å². The van der Waals surface area contributed by atoms with E-state index in [9.17, 15) is 10.2 Å². The molecule has 30 heavy (non-hydrogen) atoms. The van der Waals surface area contributed by atoms with Crippen molar-refractivity contribution in [2.75, 3.05) is 0 Å². The predicted octanol–water partition coefficient (Wildman–Crippen LogP) is 5.91. The van der Waals surface area contributed by atoms with Crippen LogP contribution >= 0.6 is 0 Å². The Hall–Kier alpha value is -0.0800. The highest BCUT2D eigenvalue weighted by atomic mass is 16.3. The second-order valence-electron chi connectivity index (χ2n) is 13.5. The van der Waals surface area contributed by atoms with E-state index in [4.69, 9.17) is 0 Å². The first-order chi connectivity index (χ1) is 14.4. The fourth-order valence-electron chi connectivity index (χ4n) is 11.2. The SMILES string of the molecule is C[C@@H]1CC[C@@H]2C(C1)C[C@H]1C3CC4C(C[C@@H](O)[C@H]5C[C@@H](O)CC[C@]45C)C3CC[C@H]1[C@H]2C. The summed E-state index contributed by atoms with van der Waals surface area (Å²) in [5.41, 5.74) is 0.274.